The summed E-state index contributed by atoms with van der Waals surface area (Å²) >= 11 is 1.76. The van der Waals surface area contributed by atoms with Crippen molar-refractivity contribution in [3.8, 4) is 0 Å². The van der Waals surface area contributed by atoms with Crippen molar-refractivity contribution in [1.82, 2.24) is 4.98 Å². The summed E-state index contributed by atoms with van der Waals surface area (Å²) in [5, 5.41) is 4.48. The highest BCUT2D eigenvalue weighted by Gasteiger charge is 2.22. The number of hydrogen-bond donors (Lipinski definition) is 1. The first-order valence-corrected chi connectivity index (χ1v) is 4.78. The van der Waals surface area contributed by atoms with Crippen LogP contribution in [0.1, 0.15) is 23.4 Å². The van der Waals surface area contributed by atoms with Crippen LogP contribution < -0.4 is 5.32 Å². The van der Waals surface area contributed by atoms with E-state index < -0.39 is 0 Å². The fourth-order valence-electron chi connectivity index (χ4n) is 0.937. The molecule has 1 heterocycles. The summed E-state index contributed by atoms with van der Waals surface area (Å²) in [5.41, 5.74) is 1.16. The minimum absolute atomic E-state index is 0.722. The van der Waals surface area contributed by atoms with Gasteiger partial charge in [0.25, 0.3) is 0 Å². The van der Waals surface area contributed by atoms with Crippen LogP contribution in [0.25, 0.3) is 0 Å². The zero-order chi connectivity index (χ0) is 7.84. The monoisotopic (exact) mass is 168 g/mol. The minimum atomic E-state index is 0.722. The van der Waals surface area contributed by atoms with Crippen LogP contribution in [0, 0.1) is 13.8 Å². The zero-order valence-corrected chi connectivity index (χ0v) is 7.66. The van der Waals surface area contributed by atoms with Gasteiger partial charge in [-0.3, -0.25) is 0 Å². The van der Waals surface area contributed by atoms with Crippen LogP contribution in [0.2, 0.25) is 0 Å². The Labute approximate surface area is 70.7 Å². The van der Waals surface area contributed by atoms with Gasteiger partial charge >= 0.3 is 0 Å². The molecule has 1 aliphatic rings. The zero-order valence-electron chi connectivity index (χ0n) is 6.85. The maximum absolute atomic E-state index is 4.40. The molecule has 1 fully saturated rings. The van der Waals surface area contributed by atoms with Crippen molar-refractivity contribution in [2.45, 2.75) is 32.7 Å². The lowest BCUT2D eigenvalue weighted by atomic mass is 10.4. The van der Waals surface area contributed by atoms with E-state index in [1.165, 1.54) is 17.7 Å². The highest BCUT2D eigenvalue weighted by Crippen LogP contribution is 2.28. The molecule has 0 aromatic carbocycles. The summed E-state index contributed by atoms with van der Waals surface area (Å²) in [6.07, 6.45) is 2.63. The average Bonchev–Trinajstić information content (AvgIpc) is 2.65. The van der Waals surface area contributed by atoms with E-state index in [4.69, 9.17) is 0 Å². The van der Waals surface area contributed by atoms with Crippen molar-refractivity contribution < 1.29 is 0 Å². The number of hydrogen-bond acceptors (Lipinski definition) is 3. The van der Waals surface area contributed by atoms with Gasteiger partial charge in [0, 0.05) is 10.9 Å². The van der Waals surface area contributed by atoms with Crippen LogP contribution in [-0.2, 0) is 0 Å². The van der Waals surface area contributed by atoms with Gasteiger partial charge in [-0.25, -0.2) is 4.98 Å². The first-order chi connectivity index (χ1) is 5.25. The molecule has 0 amide bonds. The van der Waals surface area contributed by atoms with Crippen LogP contribution in [0.15, 0.2) is 0 Å². The largest absolute Gasteiger partial charge is 0.359 e. The van der Waals surface area contributed by atoms with Crippen molar-refractivity contribution in [2.24, 2.45) is 0 Å². The van der Waals surface area contributed by atoms with Gasteiger partial charge in [0.15, 0.2) is 5.13 Å². The minimum Gasteiger partial charge on any atom is -0.359 e. The molecule has 0 atom stereocenters. The molecule has 60 valence electrons. The molecule has 1 aromatic rings. The molecule has 0 bridgehead atoms. The summed E-state index contributed by atoms with van der Waals surface area (Å²) in [7, 11) is 0. The number of nitrogens with zero attached hydrogens (tertiary/aromatic N) is 1. The first kappa shape index (κ1) is 7.10. The highest BCUT2D eigenvalue weighted by molar-refractivity contribution is 7.15. The summed E-state index contributed by atoms with van der Waals surface area (Å²) in [6, 6.07) is 0.722. The number of anilines is 1. The fraction of sp³-hybridized carbons (Fsp3) is 0.625. The van der Waals surface area contributed by atoms with E-state index >= 15 is 0 Å². The third kappa shape index (κ3) is 1.53. The van der Waals surface area contributed by atoms with Gasteiger partial charge < -0.3 is 5.32 Å². The molecule has 0 aliphatic heterocycles. The second-order valence-electron chi connectivity index (χ2n) is 3.08. The van der Waals surface area contributed by atoms with Crippen molar-refractivity contribution in [3.05, 3.63) is 10.6 Å². The molecule has 0 spiro atoms. The molecule has 1 aliphatic carbocycles. The van der Waals surface area contributed by atoms with Crippen molar-refractivity contribution in [3.63, 3.8) is 0 Å². The van der Waals surface area contributed by atoms with E-state index in [0.717, 1.165) is 16.9 Å². The van der Waals surface area contributed by atoms with Crippen LogP contribution in [0.3, 0.4) is 0 Å². The van der Waals surface area contributed by atoms with E-state index in [2.05, 4.69) is 24.1 Å². The Morgan fingerprint density at radius 1 is 1.45 bits per heavy atom. The predicted molar refractivity (Wildman–Crippen MR) is 48.2 cm³/mol. The fourth-order valence-corrected chi connectivity index (χ4v) is 1.83. The molecule has 0 radical (unpaired) electrons. The lowest BCUT2D eigenvalue weighted by Gasteiger charge is -1.95. The Morgan fingerprint density at radius 3 is 2.64 bits per heavy atom. The van der Waals surface area contributed by atoms with E-state index in [0.29, 0.717) is 0 Å². The van der Waals surface area contributed by atoms with Gasteiger partial charge in [0.05, 0.1) is 5.69 Å². The molecule has 1 aromatic heterocycles. The standard InChI is InChI=1S/C8H12N2S/c1-5-6(2)11-8(9-5)10-7-3-4-7/h7H,3-4H2,1-2H3,(H,9,10). The van der Waals surface area contributed by atoms with Crippen LogP contribution in [0.5, 0.6) is 0 Å². The average molecular weight is 168 g/mol. The van der Waals surface area contributed by atoms with Crippen LogP contribution in [0.4, 0.5) is 5.13 Å². The van der Waals surface area contributed by atoms with Gasteiger partial charge in [-0.1, -0.05) is 0 Å². The number of aromatic nitrogens is 1. The molecule has 11 heavy (non-hydrogen) atoms. The highest BCUT2D eigenvalue weighted by atomic mass is 32.1. The quantitative estimate of drug-likeness (QED) is 0.733. The topological polar surface area (TPSA) is 24.9 Å². The van der Waals surface area contributed by atoms with Gasteiger partial charge in [-0.15, -0.1) is 11.3 Å². The number of rotatable bonds is 2. The van der Waals surface area contributed by atoms with E-state index in [1.807, 2.05) is 0 Å². The Kier molecular flexibility index (Phi) is 1.60. The first-order valence-electron chi connectivity index (χ1n) is 3.96. The van der Waals surface area contributed by atoms with Gasteiger partial charge in [0.1, 0.15) is 0 Å². The Morgan fingerprint density at radius 2 is 2.18 bits per heavy atom. The maximum atomic E-state index is 4.40. The molecule has 1 N–H and O–H groups in total. The Hall–Kier alpha value is -0.570. The van der Waals surface area contributed by atoms with E-state index in [-0.39, 0.29) is 0 Å². The molecule has 2 rings (SSSR count). The van der Waals surface area contributed by atoms with Gasteiger partial charge in [-0.2, -0.15) is 0 Å². The number of thiazole rings is 1. The van der Waals surface area contributed by atoms with Crippen molar-refractivity contribution in [1.29, 1.82) is 0 Å². The van der Waals surface area contributed by atoms with Crippen molar-refractivity contribution >= 4 is 16.5 Å². The SMILES string of the molecule is Cc1nc(NC2CC2)sc1C. The summed E-state index contributed by atoms with van der Waals surface area (Å²) < 4.78 is 0. The Bertz CT molecular complexity index is 244. The second-order valence-corrected chi connectivity index (χ2v) is 4.28. The third-order valence-electron chi connectivity index (χ3n) is 1.93. The predicted octanol–water partition coefficient (Wildman–Crippen LogP) is 2.33. The summed E-state index contributed by atoms with van der Waals surface area (Å²) in [6.45, 7) is 4.18. The summed E-state index contributed by atoms with van der Waals surface area (Å²) in [4.78, 5) is 5.72. The molecule has 3 heteroatoms. The van der Waals surface area contributed by atoms with Crippen LogP contribution >= 0.6 is 11.3 Å². The molecular formula is C8H12N2S. The van der Waals surface area contributed by atoms with E-state index in [9.17, 15) is 0 Å². The molecular weight excluding hydrogens is 156 g/mol. The lowest BCUT2D eigenvalue weighted by Crippen LogP contribution is -1.99. The second kappa shape index (κ2) is 2.48. The Balaban J connectivity index is 2.11. The molecule has 1 saturated carbocycles. The normalized spacial score (nSPS) is 16.9. The number of nitrogens with one attached hydrogen (secondary N) is 1. The lowest BCUT2D eigenvalue weighted by molar-refractivity contribution is 1.12. The third-order valence-corrected chi connectivity index (χ3v) is 2.94. The maximum Gasteiger partial charge on any atom is 0.183 e. The molecule has 0 saturated heterocycles. The van der Waals surface area contributed by atoms with Gasteiger partial charge in [-0.05, 0) is 26.7 Å². The van der Waals surface area contributed by atoms with E-state index in [1.54, 1.807) is 11.3 Å². The summed E-state index contributed by atoms with van der Waals surface area (Å²) in [5.74, 6) is 0. The molecule has 2 nitrogen and oxygen atoms in total. The number of aryl methyl sites for hydroxylation is 2. The van der Waals surface area contributed by atoms with Crippen molar-refractivity contribution in [2.75, 3.05) is 5.32 Å². The molecule has 0 unspecified atom stereocenters. The van der Waals surface area contributed by atoms with Crippen LogP contribution in [-0.4, -0.2) is 11.0 Å². The smallest absolute Gasteiger partial charge is 0.183 e. The van der Waals surface area contributed by atoms with Gasteiger partial charge in [0.2, 0.25) is 0 Å².